The van der Waals surface area contributed by atoms with Gasteiger partial charge in [0, 0.05) is 11.0 Å². The molecule has 0 amide bonds. The first-order valence-corrected chi connectivity index (χ1v) is 10.2. The summed E-state index contributed by atoms with van der Waals surface area (Å²) in [7, 11) is 0. The Morgan fingerprint density at radius 1 is 0.906 bits per heavy atom. The number of rotatable bonds is 4. The van der Waals surface area contributed by atoms with Crippen LogP contribution in [0.5, 0.6) is 0 Å². The molecule has 0 fully saturated rings. The summed E-state index contributed by atoms with van der Waals surface area (Å²) in [4.78, 5) is 0. The number of unbranched alkanes of at least 4 members (excludes halogenated alkanes) is 3. The molecule has 0 unspecified atom stereocenters. The van der Waals surface area contributed by atoms with Crippen LogP contribution >= 0.6 is 24.8 Å². The normalized spacial score (nSPS) is 9.84. The molecule has 0 N–H and O–H groups in total. The van der Waals surface area contributed by atoms with E-state index in [-0.39, 0.29) is 69.4 Å². The van der Waals surface area contributed by atoms with E-state index >= 15 is 0 Å². The van der Waals surface area contributed by atoms with E-state index in [1.54, 1.807) is 0 Å². The summed E-state index contributed by atoms with van der Waals surface area (Å²) < 4.78 is 0. The van der Waals surface area contributed by atoms with Crippen molar-refractivity contribution in [3.8, 4) is 11.1 Å². The predicted molar refractivity (Wildman–Crippen MR) is 148 cm³/mol. The second kappa shape index (κ2) is 23.4. The Labute approximate surface area is 233 Å². The number of halogens is 2. The molecule has 0 aromatic heterocycles. The third-order valence-corrected chi connectivity index (χ3v) is 4.52. The van der Waals surface area contributed by atoms with Gasteiger partial charge in [-0.1, -0.05) is 88.4 Å². The first kappa shape index (κ1) is 38.5. The van der Waals surface area contributed by atoms with Gasteiger partial charge in [0.25, 0.3) is 0 Å². The average molecular weight is 564 g/mol. The zero-order chi connectivity index (χ0) is 19.3. The minimum Gasteiger partial charge on any atom is -0.358 e. The molecule has 5 radical (unpaired) electrons. The summed E-state index contributed by atoms with van der Waals surface area (Å²) in [6.07, 6.45) is 15.5. The maximum Gasteiger partial charge on any atom is 3.00 e. The van der Waals surface area contributed by atoms with Gasteiger partial charge >= 0.3 is 26.2 Å². The van der Waals surface area contributed by atoms with Crippen LogP contribution in [0.2, 0.25) is 0 Å². The molecule has 0 atom stereocenters. The summed E-state index contributed by atoms with van der Waals surface area (Å²) in [5.41, 5.74) is 3.95. The fourth-order valence-corrected chi connectivity index (χ4v) is 3.09. The van der Waals surface area contributed by atoms with Gasteiger partial charge in [-0.15, -0.1) is 65.8 Å². The van der Waals surface area contributed by atoms with E-state index < -0.39 is 0 Å². The van der Waals surface area contributed by atoms with Crippen molar-refractivity contribution >= 4 is 46.6 Å². The van der Waals surface area contributed by atoms with Gasteiger partial charge in [-0.05, 0) is 5.56 Å². The quantitative estimate of drug-likeness (QED) is 0.169. The number of hydrogen-bond donors (Lipinski definition) is 0. The molecule has 0 aliphatic heterocycles. The third kappa shape index (κ3) is 13.7. The first-order chi connectivity index (χ1) is 13.3. The van der Waals surface area contributed by atoms with E-state index in [0.29, 0.717) is 0 Å². The molecule has 3 aromatic carbocycles. The maximum absolute atomic E-state index is 2.99. The molecule has 0 bridgehead atoms. The number of aryl methyl sites for hydroxylation is 1. The van der Waals surface area contributed by atoms with Crippen molar-refractivity contribution < 1.29 is 26.2 Å². The van der Waals surface area contributed by atoms with Crippen LogP contribution in [0.1, 0.15) is 51.5 Å². The summed E-state index contributed by atoms with van der Waals surface area (Å²) in [6.45, 7) is 6.61. The van der Waals surface area contributed by atoms with Gasteiger partial charge in [0.1, 0.15) is 0 Å². The van der Waals surface area contributed by atoms with Gasteiger partial charge in [-0.2, -0.15) is 12.1 Å². The van der Waals surface area contributed by atoms with Crippen molar-refractivity contribution in [3.05, 3.63) is 98.0 Å². The molecule has 4 rings (SSSR count). The smallest absolute Gasteiger partial charge is 0.358 e. The van der Waals surface area contributed by atoms with Crippen LogP contribution in [0, 0.1) is 20.4 Å². The van der Waals surface area contributed by atoms with Crippen LogP contribution in [0.15, 0.2) is 78.9 Å². The van der Waals surface area contributed by atoms with Gasteiger partial charge < -0.3 is 7.43 Å². The van der Waals surface area contributed by atoms with Gasteiger partial charge in [0.2, 0.25) is 0 Å². The molecule has 0 saturated carbocycles. The van der Waals surface area contributed by atoms with Crippen molar-refractivity contribution in [2.75, 3.05) is 0 Å². The molecule has 1 aliphatic rings. The first-order valence-electron chi connectivity index (χ1n) is 10.2. The van der Waals surface area contributed by atoms with E-state index in [1.807, 2.05) is 12.2 Å². The molecule has 32 heavy (non-hydrogen) atoms. The molecule has 0 nitrogen and oxygen atoms in total. The van der Waals surface area contributed by atoms with E-state index in [2.05, 4.69) is 93.6 Å². The van der Waals surface area contributed by atoms with E-state index in [1.165, 1.54) is 53.1 Å². The van der Waals surface area contributed by atoms with E-state index in [9.17, 15) is 0 Å². The molecule has 0 spiro atoms. The standard InChI is InChI=1S/C16H13.C6H14.C5H5.CH3.2ClH.Si.Zr/c1-12-10-14-8-5-9-15(16(14)11-12)13-6-3-2-4-7-13;1-3-5-6-4-2;1-2-4-5-3-1;;;;;/h2-11H,1H3;3-6H2,1-2H3;1-3H,4H2;1H3;2*1H;;/q-1;;2*-1;;;;+3. The monoisotopic (exact) mass is 561 g/mol. The van der Waals surface area contributed by atoms with Crippen molar-refractivity contribution in [3.63, 3.8) is 0 Å². The summed E-state index contributed by atoms with van der Waals surface area (Å²) in [5.74, 6) is 0. The minimum atomic E-state index is 0. The Hall–Kier alpha value is -0.790. The second-order valence-corrected chi connectivity index (χ2v) is 6.92. The predicted octanol–water partition coefficient (Wildman–Crippen LogP) is 9.34. The number of hydrogen-bond acceptors (Lipinski definition) is 0. The van der Waals surface area contributed by atoms with Gasteiger partial charge in [-0.25, -0.2) is 12.2 Å². The molecule has 1 aliphatic carbocycles. The Balaban J connectivity index is -0.000000210. The van der Waals surface area contributed by atoms with Crippen LogP contribution in [0.3, 0.4) is 0 Å². The van der Waals surface area contributed by atoms with E-state index in [4.69, 9.17) is 0 Å². The summed E-state index contributed by atoms with van der Waals surface area (Å²) in [6, 6.07) is 21.6. The maximum atomic E-state index is 2.99. The van der Waals surface area contributed by atoms with Crippen molar-refractivity contribution in [1.82, 2.24) is 0 Å². The fourth-order valence-electron chi connectivity index (χ4n) is 3.09. The zero-order valence-electron chi connectivity index (χ0n) is 19.9. The van der Waals surface area contributed by atoms with Crippen LogP contribution < -0.4 is 0 Å². The molecule has 4 heteroatoms. The van der Waals surface area contributed by atoms with Crippen LogP contribution in [0.25, 0.3) is 21.9 Å². The topological polar surface area (TPSA) is 0 Å². The number of fused-ring (bicyclic) bond motifs is 1. The number of allylic oxidation sites excluding steroid dienone is 4. The Morgan fingerprint density at radius 2 is 1.53 bits per heavy atom. The summed E-state index contributed by atoms with van der Waals surface area (Å²) >= 11 is 0. The second-order valence-electron chi connectivity index (χ2n) is 6.92. The number of benzene rings is 2. The van der Waals surface area contributed by atoms with Crippen LogP contribution in [0.4, 0.5) is 0 Å². The Kier molecular flexibility index (Phi) is 28.1. The average Bonchev–Trinajstić information content (AvgIpc) is 3.39. The van der Waals surface area contributed by atoms with Gasteiger partial charge in [-0.3, -0.25) is 6.08 Å². The van der Waals surface area contributed by atoms with Crippen molar-refractivity contribution in [2.24, 2.45) is 0 Å². The van der Waals surface area contributed by atoms with Crippen molar-refractivity contribution in [1.29, 1.82) is 0 Å². The third-order valence-electron chi connectivity index (χ3n) is 4.52. The Bertz CT molecular complexity index is 840. The molecular weight excluding hydrogens is 527 g/mol. The summed E-state index contributed by atoms with van der Waals surface area (Å²) in [5, 5.41) is 2.69. The largest absolute Gasteiger partial charge is 3.00 e. The van der Waals surface area contributed by atoms with Crippen molar-refractivity contribution in [2.45, 2.75) is 52.9 Å². The molecule has 0 saturated heterocycles. The molecule has 0 heterocycles. The van der Waals surface area contributed by atoms with Crippen LogP contribution in [-0.4, -0.2) is 11.0 Å². The zero-order valence-corrected chi connectivity index (χ0v) is 24.9. The van der Waals surface area contributed by atoms with Gasteiger partial charge in [0.15, 0.2) is 0 Å². The van der Waals surface area contributed by atoms with E-state index in [0.717, 1.165) is 6.42 Å². The van der Waals surface area contributed by atoms with Crippen LogP contribution in [-0.2, 0) is 26.2 Å². The molecule has 171 valence electrons. The molecular formula is C28H37Cl2SiZr. The minimum absolute atomic E-state index is 0. The molecule has 3 aromatic rings. The SMILES string of the molecule is CCCCCC.Cc1cc2c(-c3ccccc3)cccc2[cH-]1.Cl.Cl.[C-]1=CC=CC1.[CH3-].[Si].[Zr+3]. The fraction of sp³-hybridized carbons (Fsp3) is 0.286. The van der Waals surface area contributed by atoms with Gasteiger partial charge in [0.05, 0.1) is 0 Å². The Morgan fingerprint density at radius 3 is 2.00 bits per heavy atom.